The Bertz CT molecular complexity index is 1780. The number of hydrogen-bond acceptors (Lipinski definition) is 8. The lowest BCUT2D eigenvalue weighted by Crippen LogP contribution is -2.32. The van der Waals surface area contributed by atoms with Gasteiger partial charge in [-0.2, -0.15) is 4.98 Å². The molecule has 46 heavy (non-hydrogen) atoms. The van der Waals surface area contributed by atoms with Gasteiger partial charge in [-0.25, -0.2) is 13.9 Å². The first kappa shape index (κ1) is 32.4. The summed E-state index contributed by atoms with van der Waals surface area (Å²) >= 11 is 11.4. The average molecular weight is 728 g/mol. The Balaban J connectivity index is 1.35. The van der Waals surface area contributed by atoms with Crippen molar-refractivity contribution in [1.82, 2.24) is 14.8 Å². The zero-order valence-corrected chi connectivity index (χ0v) is 28.6. The second-order valence-corrected chi connectivity index (χ2v) is 13.4. The number of aromatic nitrogens is 3. The fourth-order valence-electron chi connectivity index (χ4n) is 5.72. The summed E-state index contributed by atoms with van der Waals surface area (Å²) in [6.07, 6.45) is 4.78. The van der Waals surface area contributed by atoms with Gasteiger partial charge in [0.1, 0.15) is 24.6 Å². The molecule has 4 aromatic rings. The number of thioether (sulfide) groups is 1. The van der Waals surface area contributed by atoms with E-state index in [0.717, 1.165) is 37.7 Å². The van der Waals surface area contributed by atoms with E-state index in [1.54, 1.807) is 30.0 Å². The average Bonchev–Trinajstić information content (AvgIpc) is 3.46. The molecule has 1 N–H and O–H groups in total. The summed E-state index contributed by atoms with van der Waals surface area (Å²) in [4.78, 5) is 18.6. The molecule has 0 spiro atoms. The minimum Gasteiger partial charge on any atom is -0.493 e. The van der Waals surface area contributed by atoms with Crippen molar-refractivity contribution in [3.8, 4) is 11.5 Å². The number of fused-ring (bicyclic) bond motifs is 1. The first-order valence-corrected chi connectivity index (χ1v) is 17.2. The Morgan fingerprint density at radius 1 is 1.11 bits per heavy atom. The highest BCUT2D eigenvalue weighted by Crippen LogP contribution is 2.44. The molecule has 0 radical (unpaired) electrons. The highest BCUT2D eigenvalue weighted by atomic mass is 79.9. The van der Waals surface area contributed by atoms with Gasteiger partial charge in [-0.15, -0.1) is 5.10 Å². The molecule has 2 heterocycles. The van der Waals surface area contributed by atoms with Crippen molar-refractivity contribution in [2.45, 2.75) is 68.7 Å². The van der Waals surface area contributed by atoms with Crippen LogP contribution in [0.3, 0.4) is 0 Å². The van der Waals surface area contributed by atoms with Gasteiger partial charge in [0.2, 0.25) is 11.1 Å². The summed E-state index contributed by atoms with van der Waals surface area (Å²) in [5, 5.41) is 9.10. The zero-order chi connectivity index (χ0) is 32.2. The summed E-state index contributed by atoms with van der Waals surface area (Å²) in [6.45, 7) is 2.07. The Morgan fingerprint density at radius 3 is 2.59 bits per heavy atom. The fourth-order valence-corrected chi connectivity index (χ4v) is 7.30. The number of ether oxygens (including phenoxy) is 3. The highest BCUT2D eigenvalue weighted by Gasteiger charge is 2.37. The van der Waals surface area contributed by atoms with Crippen molar-refractivity contribution in [2.75, 3.05) is 12.4 Å². The number of nitrogens with zero attached hydrogens (tertiary/aromatic N) is 3. The molecule has 12 heteroatoms. The third-order valence-electron chi connectivity index (χ3n) is 8.09. The van der Waals surface area contributed by atoms with E-state index in [4.69, 9.17) is 35.9 Å². The Kier molecular flexibility index (Phi) is 10.2. The van der Waals surface area contributed by atoms with Crippen molar-refractivity contribution in [3.05, 3.63) is 104 Å². The predicted molar refractivity (Wildman–Crippen MR) is 180 cm³/mol. The van der Waals surface area contributed by atoms with Crippen LogP contribution in [0.4, 0.5) is 10.3 Å². The molecule has 6 rings (SSSR count). The molecule has 1 aliphatic heterocycles. The molecule has 1 aliphatic carbocycles. The highest BCUT2D eigenvalue weighted by molar-refractivity contribution is 9.10. The molecule has 0 bridgehead atoms. The number of hydrogen-bond donors (Lipinski definition) is 1. The summed E-state index contributed by atoms with van der Waals surface area (Å²) in [6, 6.07) is 17.1. The lowest BCUT2D eigenvalue weighted by molar-refractivity contribution is -0.146. The number of carbonyl (C=O) groups excluding carboxylic acids is 1. The van der Waals surface area contributed by atoms with Gasteiger partial charge in [0.25, 0.3) is 0 Å². The lowest BCUT2D eigenvalue weighted by Gasteiger charge is -2.30. The van der Waals surface area contributed by atoms with E-state index in [0.29, 0.717) is 60.2 Å². The maximum Gasteiger partial charge on any atom is 0.338 e. The predicted octanol–water partition coefficient (Wildman–Crippen LogP) is 8.88. The van der Waals surface area contributed by atoms with Crippen LogP contribution in [0.1, 0.15) is 61.8 Å². The van der Waals surface area contributed by atoms with Crippen molar-refractivity contribution in [1.29, 1.82) is 0 Å². The van der Waals surface area contributed by atoms with E-state index in [-0.39, 0.29) is 18.5 Å². The van der Waals surface area contributed by atoms with Gasteiger partial charge in [0.15, 0.2) is 11.5 Å². The number of benzene rings is 3. The monoisotopic (exact) mass is 726 g/mol. The molecule has 1 saturated carbocycles. The minimum atomic E-state index is -0.689. The molecular weight excluding hydrogens is 695 g/mol. The standard InChI is InChI=1S/C34H33BrClFN4O4S/c1-20-29(32(42)45-24-12-4-3-5-13-24)30(41-33(38-20)39-34(40-41)46-19-22-11-7-9-15-27(22)37)23-16-25(35)31(28(17-23)43-2)44-18-21-10-6-8-14-26(21)36/h6-11,14-17,24,30H,3-5,12-13,18-19H2,1-2H3,(H,38,39,40). The van der Waals surface area contributed by atoms with Crippen LogP contribution in [0.5, 0.6) is 11.5 Å². The van der Waals surface area contributed by atoms with E-state index in [2.05, 4.69) is 21.2 Å². The van der Waals surface area contributed by atoms with Crippen LogP contribution < -0.4 is 14.8 Å². The van der Waals surface area contributed by atoms with Crippen LogP contribution in [0.2, 0.25) is 5.02 Å². The third kappa shape index (κ3) is 7.06. The number of methoxy groups -OCH3 is 1. The topological polar surface area (TPSA) is 87.5 Å². The molecule has 8 nitrogen and oxygen atoms in total. The summed E-state index contributed by atoms with van der Waals surface area (Å²) < 4.78 is 34.7. The SMILES string of the molecule is COc1cc(C2C(C(=O)OC3CCCCC3)=C(C)Nc3nc(SCc4ccccc4F)nn32)cc(Br)c1OCc1ccccc1Cl. The van der Waals surface area contributed by atoms with Gasteiger partial charge in [-0.1, -0.05) is 66.2 Å². The molecule has 2 aliphatic rings. The van der Waals surface area contributed by atoms with Gasteiger partial charge >= 0.3 is 5.97 Å². The molecule has 1 unspecified atom stereocenters. The lowest BCUT2D eigenvalue weighted by atomic mass is 9.94. The van der Waals surface area contributed by atoms with Gasteiger partial charge in [-0.05, 0) is 83.9 Å². The molecule has 1 aromatic heterocycles. The molecule has 0 amide bonds. The summed E-state index contributed by atoms with van der Waals surface area (Å²) in [5.74, 6) is 1.07. The van der Waals surface area contributed by atoms with E-state index < -0.39 is 12.0 Å². The Labute approximate surface area is 284 Å². The third-order valence-corrected chi connectivity index (χ3v) is 9.94. The molecule has 0 saturated heterocycles. The van der Waals surface area contributed by atoms with Crippen molar-refractivity contribution < 1.29 is 23.4 Å². The second-order valence-electron chi connectivity index (χ2n) is 11.2. The van der Waals surface area contributed by atoms with Gasteiger partial charge < -0.3 is 19.5 Å². The van der Waals surface area contributed by atoms with Crippen molar-refractivity contribution in [2.24, 2.45) is 0 Å². The summed E-state index contributed by atoms with van der Waals surface area (Å²) in [7, 11) is 1.56. The van der Waals surface area contributed by atoms with Gasteiger partial charge in [0.05, 0.1) is 17.2 Å². The Morgan fingerprint density at radius 2 is 1.85 bits per heavy atom. The van der Waals surface area contributed by atoms with E-state index in [1.165, 1.54) is 17.8 Å². The number of anilines is 1. The first-order chi connectivity index (χ1) is 22.3. The number of halogens is 3. The number of carbonyl (C=O) groups is 1. The zero-order valence-electron chi connectivity index (χ0n) is 25.4. The van der Waals surface area contributed by atoms with Crippen LogP contribution in [-0.4, -0.2) is 33.9 Å². The molecule has 240 valence electrons. The van der Waals surface area contributed by atoms with Crippen LogP contribution in [0, 0.1) is 5.82 Å². The minimum absolute atomic E-state index is 0.131. The van der Waals surface area contributed by atoms with Crippen LogP contribution >= 0.6 is 39.3 Å². The summed E-state index contributed by atoms with van der Waals surface area (Å²) in [5.41, 5.74) is 3.14. The normalized spacial score (nSPS) is 16.5. The molecule has 3 aromatic carbocycles. The number of rotatable bonds is 10. The van der Waals surface area contributed by atoms with Gasteiger partial charge in [-0.3, -0.25) is 0 Å². The van der Waals surface area contributed by atoms with Gasteiger partial charge in [0, 0.05) is 22.0 Å². The number of esters is 1. The molecule has 1 fully saturated rings. The molecule has 1 atom stereocenters. The quantitative estimate of drug-likeness (QED) is 0.128. The van der Waals surface area contributed by atoms with E-state index >= 15 is 0 Å². The van der Waals surface area contributed by atoms with E-state index in [1.807, 2.05) is 43.3 Å². The largest absolute Gasteiger partial charge is 0.493 e. The number of allylic oxidation sites excluding steroid dienone is 1. The Hall–Kier alpha value is -3.54. The van der Waals surface area contributed by atoms with Crippen LogP contribution in [-0.2, 0) is 21.9 Å². The van der Waals surface area contributed by atoms with Crippen LogP contribution in [0.15, 0.2) is 81.6 Å². The van der Waals surface area contributed by atoms with Crippen molar-refractivity contribution in [3.63, 3.8) is 0 Å². The second kappa shape index (κ2) is 14.5. The maximum atomic E-state index is 14.3. The van der Waals surface area contributed by atoms with Crippen LogP contribution in [0.25, 0.3) is 0 Å². The fraction of sp³-hybridized carbons (Fsp3) is 0.324. The van der Waals surface area contributed by atoms with Crippen molar-refractivity contribution >= 4 is 51.2 Å². The smallest absolute Gasteiger partial charge is 0.338 e. The molecular formula is C34H33BrClFN4O4S. The van der Waals surface area contributed by atoms with E-state index in [9.17, 15) is 9.18 Å². The number of nitrogens with one attached hydrogen (secondary N) is 1. The first-order valence-electron chi connectivity index (χ1n) is 15.1. The maximum absolute atomic E-state index is 14.3.